The number of anilines is 1. The van der Waals surface area contributed by atoms with Crippen molar-refractivity contribution in [3.63, 3.8) is 0 Å². The molecule has 1 aliphatic rings. The van der Waals surface area contributed by atoms with Crippen LogP contribution >= 0.6 is 34.0 Å². The van der Waals surface area contributed by atoms with Gasteiger partial charge in [-0.3, -0.25) is 9.11 Å². The molecule has 6 rings (SSSR count). The molecule has 0 aliphatic carbocycles. The Hall–Kier alpha value is -3.11. The van der Waals surface area contributed by atoms with E-state index in [1.165, 1.54) is 11.3 Å². The highest BCUT2D eigenvalue weighted by molar-refractivity contribution is 7.86. The minimum atomic E-state index is -4.14. The molecule has 0 bridgehead atoms. The zero-order valence-corrected chi connectivity index (χ0v) is 26.7. The maximum atomic E-state index is 11.5. The lowest BCUT2D eigenvalue weighted by atomic mass is 10.1. The van der Waals surface area contributed by atoms with E-state index in [-0.39, 0.29) is 30.9 Å². The van der Waals surface area contributed by atoms with Crippen molar-refractivity contribution in [3.8, 4) is 28.0 Å². The molecular formula is C29H27N2O7S5+. The van der Waals surface area contributed by atoms with Crippen LogP contribution in [-0.4, -0.2) is 44.0 Å². The Morgan fingerprint density at radius 3 is 2.12 bits per heavy atom. The van der Waals surface area contributed by atoms with Crippen molar-refractivity contribution in [2.24, 2.45) is 0 Å². The molecule has 1 aliphatic heterocycles. The number of aryl methyl sites for hydroxylation is 1. The maximum Gasteiger partial charge on any atom is 0.268 e. The van der Waals surface area contributed by atoms with Gasteiger partial charge in [-0.05, 0) is 80.5 Å². The molecular weight excluding hydrogens is 649 g/mol. The Morgan fingerprint density at radius 2 is 1.47 bits per heavy atom. The van der Waals surface area contributed by atoms with Crippen molar-refractivity contribution < 1.29 is 35.2 Å². The molecule has 5 aromatic rings. The summed E-state index contributed by atoms with van der Waals surface area (Å²) in [4.78, 5) is 1.90. The Labute approximate surface area is 261 Å². The summed E-state index contributed by atoms with van der Waals surface area (Å²) < 4.78 is 74.0. The first kappa shape index (κ1) is 29.9. The van der Waals surface area contributed by atoms with Crippen molar-refractivity contribution in [2.45, 2.75) is 19.4 Å². The van der Waals surface area contributed by atoms with Gasteiger partial charge in [0.2, 0.25) is 11.4 Å². The number of aromatic nitrogens is 1. The number of fused-ring (bicyclic) bond motifs is 2. The summed E-state index contributed by atoms with van der Waals surface area (Å²) in [7, 11) is -8.26. The van der Waals surface area contributed by atoms with Crippen molar-refractivity contribution >= 4 is 76.2 Å². The molecule has 9 nitrogen and oxygen atoms in total. The minimum absolute atomic E-state index is 0.173. The molecule has 0 spiro atoms. The SMILES string of the molecule is O=S(=O)(O)CCCN1C(=Cc2sc3ccc(-c4ccsc4)cc3[n+]2CCCS(=O)(=O)O)Oc2ccc(-c3ccsc3)cc21. The van der Waals surface area contributed by atoms with Crippen LogP contribution in [0.15, 0.2) is 75.9 Å². The Balaban J connectivity index is 1.42. The Morgan fingerprint density at radius 1 is 0.814 bits per heavy atom. The van der Waals surface area contributed by atoms with Gasteiger partial charge in [0.15, 0.2) is 12.3 Å². The first-order valence-corrected chi connectivity index (χ1v) is 19.2. The van der Waals surface area contributed by atoms with Gasteiger partial charge in [0, 0.05) is 19.0 Å². The van der Waals surface area contributed by atoms with Crippen molar-refractivity contribution in [3.05, 3.63) is 80.9 Å². The van der Waals surface area contributed by atoms with Crippen molar-refractivity contribution in [2.75, 3.05) is 23.0 Å². The number of thiazole rings is 1. The molecule has 0 saturated heterocycles. The molecule has 0 saturated carbocycles. The summed E-state index contributed by atoms with van der Waals surface area (Å²) in [5.74, 6) is 0.351. The third-order valence-corrected chi connectivity index (χ3v) is 11.1. The molecule has 0 unspecified atom stereocenters. The minimum Gasteiger partial charge on any atom is -0.438 e. The quantitative estimate of drug-likeness (QED) is 0.122. The standard InChI is InChI=1S/C29H26N2O7S5/c32-42(33,34)13-1-9-30-24-15-20(22-7-11-39-18-22)3-5-26(24)38-28(30)17-29-31(10-2-14-43(35,36)37)25-16-21(4-6-27(25)41-29)23-8-12-40-19-23/h3-8,11-12,15-19H,1-2,9-10,13-14H2,(H-,32,33,34,35,36,37)/p+1. The highest BCUT2D eigenvalue weighted by atomic mass is 32.2. The van der Waals surface area contributed by atoms with Gasteiger partial charge in [-0.2, -0.15) is 44.1 Å². The number of rotatable bonds is 11. The van der Waals surface area contributed by atoms with Crippen LogP contribution in [0, 0.1) is 0 Å². The molecule has 2 aromatic carbocycles. The normalized spacial score (nSPS) is 14.5. The van der Waals surface area contributed by atoms with Crippen molar-refractivity contribution in [1.29, 1.82) is 0 Å². The molecule has 0 atom stereocenters. The fraction of sp³-hybridized carbons (Fsp3) is 0.207. The van der Waals surface area contributed by atoms with E-state index in [1.807, 2.05) is 68.1 Å². The molecule has 0 fully saturated rings. The average Bonchev–Trinajstić information content (AvgIpc) is 3.75. The Kier molecular flexibility index (Phi) is 8.43. The van der Waals surface area contributed by atoms with Crippen molar-refractivity contribution in [1.82, 2.24) is 0 Å². The molecule has 3 aromatic heterocycles. The van der Waals surface area contributed by atoms with Crippen LogP contribution in [0.3, 0.4) is 0 Å². The largest absolute Gasteiger partial charge is 0.438 e. The molecule has 2 N–H and O–H groups in total. The van der Waals surface area contributed by atoms with E-state index in [0.717, 1.165) is 43.2 Å². The van der Waals surface area contributed by atoms with Gasteiger partial charge >= 0.3 is 0 Å². The lowest BCUT2D eigenvalue weighted by Gasteiger charge is -2.18. The lowest BCUT2D eigenvalue weighted by Crippen LogP contribution is -2.36. The second-order valence-electron chi connectivity index (χ2n) is 10.00. The van der Waals surface area contributed by atoms with Gasteiger partial charge in [0.05, 0.1) is 23.3 Å². The zero-order valence-electron chi connectivity index (χ0n) is 22.6. The van der Waals surface area contributed by atoms with E-state index in [4.69, 9.17) is 4.74 Å². The number of ether oxygens (including phenoxy) is 1. The number of benzene rings is 2. The lowest BCUT2D eigenvalue weighted by molar-refractivity contribution is -0.668. The molecule has 224 valence electrons. The fourth-order valence-corrected chi connectivity index (χ4v) is 8.42. The van der Waals surface area contributed by atoms with E-state index < -0.39 is 20.2 Å². The third kappa shape index (κ3) is 7.01. The number of hydrogen-bond donors (Lipinski definition) is 2. The summed E-state index contributed by atoms with van der Waals surface area (Å²) >= 11 is 4.72. The summed E-state index contributed by atoms with van der Waals surface area (Å²) in [6, 6.07) is 16.1. The third-order valence-electron chi connectivity index (χ3n) is 6.98. The zero-order chi connectivity index (χ0) is 30.2. The van der Waals surface area contributed by atoms with Crippen LogP contribution in [0.25, 0.3) is 38.5 Å². The van der Waals surface area contributed by atoms with E-state index in [9.17, 15) is 25.9 Å². The highest BCUT2D eigenvalue weighted by Crippen LogP contribution is 2.43. The van der Waals surface area contributed by atoms with E-state index in [0.29, 0.717) is 18.2 Å². The van der Waals surface area contributed by atoms with Crippen LogP contribution in [0.5, 0.6) is 5.75 Å². The van der Waals surface area contributed by atoms with Gasteiger partial charge in [0.25, 0.3) is 25.2 Å². The predicted molar refractivity (Wildman–Crippen MR) is 173 cm³/mol. The summed E-state index contributed by atoms with van der Waals surface area (Å²) in [5, 5.41) is 8.93. The Bertz CT molecular complexity index is 2010. The first-order valence-electron chi connectivity index (χ1n) is 13.3. The smallest absolute Gasteiger partial charge is 0.268 e. The van der Waals surface area contributed by atoms with Gasteiger partial charge < -0.3 is 9.64 Å². The summed E-state index contributed by atoms with van der Waals surface area (Å²) in [5.41, 5.74) is 5.88. The van der Waals surface area contributed by atoms with Crippen LogP contribution < -0.4 is 14.2 Å². The van der Waals surface area contributed by atoms with E-state index >= 15 is 0 Å². The topological polar surface area (TPSA) is 125 Å². The second-order valence-corrected chi connectivity index (χ2v) is 15.8. The second kappa shape index (κ2) is 12.1. The van der Waals surface area contributed by atoms with Gasteiger partial charge in [-0.1, -0.05) is 23.5 Å². The molecule has 0 radical (unpaired) electrons. The van der Waals surface area contributed by atoms with Gasteiger partial charge in [-0.15, -0.1) is 0 Å². The fourth-order valence-electron chi connectivity index (χ4n) is 5.01. The number of thiophene rings is 2. The molecule has 0 amide bonds. The van der Waals surface area contributed by atoms with Crippen LogP contribution in [0.1, 0.15) is 17.8 Å². The maximum absolute atomic E-state index is 11.5. The average molecular weight is 676 g/mol. The summed E-state index contributed by atoms with van der Waals surface area (Å²) in [6.45, 7) is 0.617. The number of nitrogens with zero attached hydrogens (tertiary/aromatic N) is 2. The first-order chi connectivity index (χ1) is 20.5. The molecule has 4 heterocycles. The summed E-state index contributed by atoms with van der Waals surface area (Å²) in [6.07, 6.45) is 2.25. The van der Waals surface area contributed by atoms with Crippen LogP contribution in [0.4, 0.5) is 5.69 Å². The predicted octanol–water partition coefficient (Wildman–Crippen LogP) is 6.40. The number of hydrogen-bond acceptors (Lipinski definition) is 9. The molecule has 43 heavy (non-hydrogen) atoms. The van der Waals surface area contributed by atoms with E-state index in [2.05, 4.69) is 17.5 Å². The van der Waals surface area contributed by atoms with Gasteiger partial charge in [0.1, 0.15) is 4.70 Å². The highest BCUT2D eigenvalue weighted by Gasteiger charge is 2.30. The van der Waals surface area contributed by atoms with Crippen LogP contribution in [0.2, 0.25) is 0 Å². The van der Waals surface area contributed by atoms with Gasteiger partial charge in [-0.25, -0.2) is 0 Å². The molecule has 14 heteroatoms. The van der Waals surface area contributed by atoms with E-state index in [1.54, 1.807) is 22.7 Å². The van der Waals surface area contributed by atoms with Crippen LogP contribution in [-0.2, 0) is 26.8 Å². The monoisotopic (exact) mass is 675 g/mol.